The quantitative estimate of drug-likeness (QED) is 0.406. The molecule has 2 N–H and O–H groups in total. The topological polar surface area (TPSA) is 35.5 Å². The van der Waals surface area contributed by atoms with E-state index in [1.807, 2.05) is 0 Å². The Morgan fingerprint density at radius 1 is 0.774 bits per heavy atom. The van der Waals surface area contributed by atoms with E-state index in [0.29, 0.717) is 0 Å². The van der Waals surface area contributed by atoms with Crippen molar-refractivity contribution in [2.45, 2.75) is 38.3 Å². The molecule has 0 saturated heterocycles. The molecular formula is C28H36N2O. The number of unbranched alkanes of at least 4 members (excludes halogenated alkanes) is 1. The van der Waals surface area contributed by atoms with Crippen LogP contribution in [0.2, 0.25) is 0 Å². The van der Waals surface area contributed by atoms with Crippen molar-refractivity contribution in [1.82, 2.24) is 10.2 Å². The first kappa shape index (κ1) is 23.2. The second-order valence-corrected chi connectivity index (χ2v) is 8.12. The molecule has 0 aromatic heterocycles. The van der Waals surface area contributed by atoms with Gasteiger partial charge in [0.25, 0.3) is 0 Å². The SMILES string of the molecule is CCCCN(CC)C[C@@H](CO)NC(c1ccccc1)(c1ccccc1)c1ccccc1. The standard InChI is InChI=1S/C28H36N2O/c1-3-5-21-30(4-2)22-27(23-31)29-28(24-15-9-6-10-16-24,25-17-11-7-12-18-25)26-19-13-8-14-20-26/h6-20,27,29,31H,3-5,21-23H2,1-2H3/t27-/m0/s1. The maximum absolute atomic E-state index is 10.4. The molecular weight excluding hydrogens is 380 g/mol. The highest BCUT2D eigenvalue weighted by Crippen LogP contribution is 2.37. The van der Waals surface area contributed by atoms with Gasteiger partial charge in [0.2, 0.25) is 0 Å². The first-order valence-corrected chi connectivity index (χ1v) is 11.5. The van der Waals surface area contributed by atoms with Crippen molar-refractivity contribution in [3.8, 4) is 0 Å². The molecule has 0 bridgehead atoms. The Hall–Kier alpha value is -2.46. The number of aliphatic hydroxyl groups excluding tert-OH is 1. The molecule has 0 aliphatic heterocycles. The summed E-state index contributed by atoms with van der Waals surface area (Å²) in [4.78, 5) is 2.43. The lowest BCUT2D eigenvalue weighted by Crippen LogP contribution is -2.54. The highest BCUT2D eigenvalue weighted by molar-refractivity contribution is 5.49. The number of hydrogen-bond acceptors (Lipinski definition) is 3. The highest BCUT2D eigenvalue weighted by Gasteiger charge is 2.38. The third-order valence-electron chi connectivity index (χ3n) is 6.02. The van der Waals surface area contributed by atoms with E-state index in [4.69, 9.17) is 0 Å². The minimum Gasteiger partial charge on any atom is -0.395 e. The predicted octanol–water partition coefficient (Wildman–Crippen LogP) is 5.05. The van der Waals surface area contributed by atoms with Crippen LogP contribution >= 0.6 is 0 Å². The summed E-state index contributed by atoms with van der Waals surface area (Å²) in [6.45, 7) is 7.34. The summed E-state index contributed by atoms with van der Waals surface area (Å²) >= 11 is 0. The second-order valence-electron chi connectivity index (χ2n) is 8.12. The summed E-state index contributed by atoms with van der Waals surface area (Å²) in [6, 6.07) is 31.7. The summed E-state index contributed by atoms with van der Waals surface area (Å²) in [5, 5.41) is 14.3. The summed E-state index contributed by atoms with van der Waals surface area (Å²) in [5.41, 5.74) is 2.95. The third kappa shape index (κ3) is 5.62. The van der Waals surface area contributed by atoms with Crippen LogP contribution in [-0.2, 0) is 5.54 Å². The molecule has 0 fully saturated rings. The molecule has 0 radical (unpaired) electrons. The smallest absolute Gasteiger partial charge is 0.0951 e. The van der Waals surface area contributed by atoms with Gasteiger partial charge in [0.1, 0.15) is 0 Å². The molecule has 3 rings (SSSR count). The van der Waals surface area contributed by atoms with Gasteiger partial charge in [-0.15, -0.1) is 0 Å². The molecule has 1 atom stereocenters. The Labute approximate surface area is 187 Å². The Kier molecular flexibility index (Phi) is 8.84. The van der Waals surface area contributed by atoms with Gasteiger partial charge in [0, 0.05) is 12.6 Å². The van der Waals surface area contributed by atoms with Gasteiger partial charge in [-0.2, -0.15) is 0 Å². The predicted molar refractivity (Wildman–Crippen MR) is 130 cm³/mol. The molecule has 0 amide bonds. The van der Waals surface area contributed by atoms with Crippen LogP contribution in [0.3, 0.4) is 0 Å². The number of benzene rings is 3. The number of nitrogens with one attached hydrogen (secondary N) is 1. The minimum atomic E-state index is -0.554. The zero-order chi connectivity index (χ0) is 21.9. The second kappa shape index (κ2) is 11.8. The van der Waals surface area contributed by atoms with Gasteiger partial charge in [-0.25, -0.2) is 0 Å². The van der Waals surface area contributed by atoms with E-state index in [9.17, 15) is 5.11 Å². The van der Waals surface area contributed by atoms with E-state index in [0.717, 1.165) is 19.6 Å². The van der Waals surface area contributed by atoms with Crippen LogP contribution in [0, 0.1) is 0 Å². The monoisotopic (exact) mass is 416 g/mol. The van der Waals surface area contributed by atoms with Crippen LogP contribution in [-0.4, -0.2) is 42.3 Å². The molecule has 164 valence electrons. The Morgan fingerprint density at radius 3 is 1.58 bits per heavy atom. The van der Waals surface area contributed by atoms with Crippen LogP contribution in [0.25, 0.3) is 0 Å². The van der Waals surface area contributed by atoms with Gasteiger partial charge in [-0.3, -0.25) is 5.32 Å². The Bertz CT molecular complexity index is 771. The van der Waals surface area contributed by atoms with Crippen molar-refractivity contribution >= 4 is 0 Å². The summed E-state index contributed by atoms with van der Waals surface area (Å²) in [5.74, 6) is 0. The van der Waals surface area contributed by atoms with Crippen molar-refractivity contribution in [2.75, 3.05) is 26.2 Å². The lowest BCUT2D eigenvalue weighted by atomic mass is 9.76. The molecule has 0 aliphatic carbocycles. The maximum atomic E-state index is 10.4. The average Bonchev–Trinajstić information content (AvgIpc) is 2.85. The molecule has 0 aliphatic rings. The van der Waals surface area contributed by atoms with E-state index in [-0.39, 0.29) is 12.6 Å². The van der Waals surface area contributed by atoms with Crippen LogP contribution in [0.5, 0.6) is 0 Å². The van der Waals surface area contributed by atoms with Gasteiger partial charge in [0.05, 0.1) is 12.1 Å². The molecule has 31 heavy (non-hydrogen) atoms. The van der Waals surface area contributed by atoms with E-state index >= 15 is 0 Å². The zero-order valence-electron chi connectivity index (χ0n) is 18.9. The lowest BCUT2D eigenvalue weighted by Gasteiger charge is -2.41. The minimum absolute atomic E-state index is 0.0718. The summed E-state index contributed by atoms with van der Waals surface area (Å²) in [6.07, 6.45) is 2.35. The van der Waals surface area contributed by atoms with Crippen LogP contribution in [0.4, 0.5) is 0 Å². The lowest BCUT2D eigenvalue weighted by molar-refractivity contribution is 0.168. The van der Waals surface area contributed by atoms with E-state index in [1.54, 1.807) is 0 Å². The van der Waals surface area contributed by atoms with Crippen molar-refractivity contribution in [3.63, 3.8) is 0 Å². The molecule has 3 aromatic rings. The fraction of sp³-hybridized carbons (Fsp3) is 0.357. The molecule has 0 saturated carbocycles. The highest BCUT2D eigenvalue weighted by atomic mass is 16.3. The van der Waals surface area contributed by atoms with E-state index in [1.165, 1.54) is 29.5 Å². The maximum Gasteiger partial charge on any atom is 0.0951 e. The summed E-state index contributed by atoms with van der Waals surface area (Å²) < 4.78 is 0. The number of likely N-dealkylation sites (N-methyl/N-ethyl adjacent to an activating group) is 1. The molecule has 3 nitrogen and oxygen atoms in total. The van der Waals surface area contributed by atoms with Crippen LogP contribution in [0.1, 0.15) is 43.4 Å². The van der Waals surface area contributed by atoms with Crippen molar-refractivity contribution in [2.24, 2.45) is 0 Å². The van der Waals surface area contributed by atoms with Crippen molar-refractivity contribution in [3.05, 3.63) is 108 Å². The zero-order valence-corrected chi connectivity index (χ0v) is 18.9. The summed E-state index contributed by atoms with van der Waals surface area (Å²) in [7, 11) is 0. The molecule has 0 spiro atoms. The van der Waals surface area contributed by atoms with Crippen molar-refractivity contribution in [1.29, 1.82) is 0 Å². The average molecular weight is 417 g/mol. The van der Waals surface area contributed by atoms with E-state index < -0.39 is 5.54 Å². The molecule has 3 heteroatoms. The van der Waals surface area contributed by atoms with Crippen LogP contribution in [0.15, 0.2) is 91.0 Å². The molecule has 3 aromatic carbocycles. The number of hydrogen-bond donors (Lipinski definition) is 2. The first-order chi connectivity index (χ1) is 15.2. The Morgan fingerprint density at radius 2 is 1.23 bits per heavy atom. The number of nitrogens with zero attached hydrogens (tertiary/aromatic N) is 1. The molecule has 0 unspecified atom stereocenters. The van der Waals surface area contributed by atoms with Gasteiger partial charge >= 0.3 is 0 Å². The van der Waals surface area contributed by atoms with Gasteiger partial charge in [0.15, 0.2) is 0 Å². The van der Waals surface area contributed by atoms with Gasteiger partial charge in [-0.05, 0) is 36.2 Å². The molecule has 0 heterocycles. The van der Waals surface area contributed by atoms with Crippen LogP contribution < -0.4 is 5.32 Å². The van der Waals surface area contributed by atoms with Gasteiger partial charge in [-0.1, -0.05) is 111 Å². The van der Waals surface area contributed by atoms with E-state index in [2.05, 4.69) is 115 Å². The Balaban J connectivity index is 2.09. The normalized spacial score (nSPS) is 12.8. The number of aliphatic hydroxyl groups is 1. The van der Waals surface area contributed by atoms with Crippen molar-refractivity contribution < 1.29 is 5.11 Å². The van der Waals surface area contributed by atoms with Gasteiger partial charge < -0.3 is 10.0 Å². The fourth-order valence-electron chi connectivity index (χ4n) is 4.34. The number of rotatable bonds is 12. The first-order valence-electron chi connectivity index (χ1n) is 11.5. The fourth-order valence-corrected chi connectivity index (χ4v) is 4.34. The largest absolute Gasteiger partial charge is 0.395 e. The third-order valence-corrected chi connectivity index (χ3v) is 6.02.